The number of nitrogens with one attached hydrogen (secondary N) is 1. The Bertz CT molecular complexity index is 770. The lowest BCUT2D eigenvalue weighted by Gasteiger charge is -2.25. The first-order chi connectivity index (χ1) is 10.2. The molecule has 0 radical (unpaired) electrons. The van der Waals surface area contributed by atoms with E-state index in [-0.39, 0.29) is 5.91 Å². The second-order valence-corrected chi connectivity index (χ2v) is 6.40. The van der Waals surface area contributed by atoms with Gasteiger partial charge in [0.05, 0.1) is 10.3 Å². The van der Waals surface area contributed by atoms with Gasteiger partial charge in [-0.3, -0.25) is 9.59 Å². The third kappa shape index (κ3) is 2.61. The Morgan fingerprint density at radius 1 is 1.32 bits per heavy atom. The molecule has 2 rings (SSSR count). The van der Waals surface area contributed by atoms with Gasteiger partial charge in [-0.25, -0.2) is 9.97 Å². The quantitative estimate of drug-likeness (QED) is 0.782. The van der Waals surface area contributed by atoms with E-state index in [4.69, 9.17) is 11.5 Å². The molecule has 22 heavy (non-hydrogen) atoms. The molecule has 2 aromatic heterocycles. The van der Waals surface area contributed by atoms with Gasteiger partial charge in [-0.15, -0.1) is 11.3 Å². The number of carbonyl (C=O) groups excluding carboxylic acids is 2. The average molecular weight is 321 g/mol. The number of nitrogens with zero attached hydrogens (tertiary/aromatic N) is 2. The molecule has 0 aliphatic carbocycles. The standard InChI is InChI=1S/C14H19N5O2S/c1-5-14(4,13(16)21)19-11(20)9-6(2)8-10(15)17-7(3)18-12(8)22-9/h5H2,1-4H3,(H2,16,21)(H,19,20)(H2,15,17,18). The minimum atomic E-state index is -1.09. The van der Waals surface area contributed by atoms with E-state index in [1.165, 1.54) is 11.3 Å². The van der Waals surface area contributed by atoms with E-state index in [0.717, 1.165) is 0 Å². The van der Waals surface area contributed by atoms with Crippen molar-refractivity contribution in [3.05, 3.63) is 16.3 Å². The van der Waals surface area contributed by atoms with Gasteiger partial charge in [-0.05, 0) is 32.8 Å². The highest BCUT2D eigenvalue weighted by Gasteiger charge is 2.32. The highest BCUT2D eigenvalue weighted by atomic mass is 32.1. The van der Waals surface area contributed by atoms with Crippen LogP contribution in [0.2, 0.25) is 0 Å². The number of thiophene rings is 1. The summed E-state index contributed by atoms with van der Waals surface area (Å²) in [7, 11) is 0. The van der Waals surface area contributed by atoms with Gasteiger partial charge in [-0.2, -0.15) is 0 Å². The number of aryl methyl sites for hydroxylation is 2. The summed E-state index contributed by atoms with van der Waals surface area (Å²) in [6.07, 6.45) is 0.402. The van der Waals surface area contributed by atoms with Gasteiger partial charge < -0.3 is 16.8 Å². The number of fused-ring (bicyclic) bond motifs is 1. The van der Waals surface area contributed by atoms with E-state index in [2.05, 4.69) is 15.3 Å². The van der Waals surface area contributed by atoms with Crippen LogP contribution in [0.1, 0.15) is 41.3 Å². The number of nitrogens with two attached hydrogens (primary N) is 2. The summed E-state index contributed by atoms with van der Waals surface area (Å²) < 4.78 is 0. The SMILES string of the molecule is CCC(C)(NC(=O)c1sc2nc(C)nc(N)c2c1C)C(N)=O. The fourth-order valence-electron chi connectivity index (χ4n) is 2.13. The van der Waals surface area contributed by atoms with E-state index in [0.29, 0.717) is 38.7 Å². The van der Waals surface area contributed by atoms with Crippen LogP contribution >= 0.6 is 11.3 Å². The smallest absolute Gasteiger partial charge is 0.262 e. The molecule has 2 heterocycles. The normalized spacial score (nSPS) is 13.8. The van der Waals surface area contributed by atoms with Crippen LogP contribution in [0.15, 0.2) is 0 Å². The lowest BCUT2D eigenvalue weighted by molar-refractivity contribution is -0.123. The van der Waals surface area contributed by atoms with Gasteiger partial charge in [0.15, 0.2) is 0 Å². The molecule has 0 saturated heterocycles. The van der Waals surface area contributed by atoms with Crippen molar-refractivity contribution in [2.45, 2.75) is 39.7 Å². The maximum atomic E-state index is 12.5. The molecule has 118 valence electrons. The highest BCUT2D eigenvalue weighted by molar-refractivity contribution is 7.20. The average Bonchev–Trinajstić information content (AvgIpc) is 2.75. The molecule has 2 amide bonds. The molecular formula is C14H19N5O2S. The van der Waals surface area contributed by atoms with Crippen LogP contribution in [0.5, 0.6) is 0 Å². The number of anilines is 1. The Balaban J connectivity index is 2.47. The number of aromatic nitrogens is 2. The van der Waals surface area contributed by atoms with Crippen molar-refractivity contribution >= 4 is 39.2 Å². The second-order valence-electron chi connectivity index (χ2n) is 5.40. The predicted octanol–water partition coefficient (Wildman–Crippen LogP) is 1.27. The van der Waals surface area contributed by atoms with E-state index in [1.807, 2.05) is 0 Å². The Morgan fingerprint density at radius 3 is 2.50 bits per heavy atom. The Hall–Kier alpha value is -2.22. The first-order valence-electron chi connectivity index (χ1n) is 6.85. The molecule has 7 nitrogen and oxygen atoms in total. The third-order valence-electron chi connectivity index (χ3n) is 3.78. The largest absolute Gasteiger partial charge is 0.383 e. The Kier molecular flexibility index (Phi) is 4.06. The van der Waals surface area contributed by atoms with Gasteiger partial charge in [0, 0.05) is 0 Å². The van der Waals surface area contributed by atoms with Crippen molar-refractivity contribution in [1.82, 2.24) is 15.3 Å². The number of hydrogen-bond acceptors (Lipinski definition) is 6. The zero-order chi connectivity index (χ0) is 16.7. The van der Waals surface area contributed by atoms with Crippen molar-refractivity contribution in [3.63, 3.8) is 0 Å². The van der Waals surface area contributed by atoms with Crippen LogP contribution in [0.3, 0.4) is 0 Å². The van der Waals surface area contributed by atoms with Crippen molar-refractivity contribution in [1.29, 1.82) is 0 Å². The lowest BCUT2D eigenvalue weighted by atomic mass is 9.98. The highest BCUT2D eigenvalue weighted by Crippen LogP contribution is 2.32. The molecule has 8 heteroatoms. The van der Waals surface area contributed by atoms with Gasteiger partial charge in [0.1, 0.15) is 22.0 Å². The number of amides is 2. The minimum absolute atomic E-state index is 0.350. The van der Waals surface area contributed by atoms with Crippen LogP contribution < -0.4 is 16.8 Å². The number of rotatable bonds is 4. The molecule has 5 N–H and O–H groups in total. The number of hydrogen-bond donors (Lipinski definition) is 3. The van der Waals surface area contributed by atoms with Crippen molar-refractivity contribution in [2.24, 2.45) is 5.73 Å². The predicted molar refractivity (Wildman–Crippen MR) is 86.7 cm³/mol. The first-order valence-corrected chi connectivity index (χ1v) is 7.67. The fourth-order valence-corrected chi connectivity index (χ4v) is 3.26. The molecule has 0 bridgehead atoms. The molecule has 0 fully saturated rings. The number of carbonyl (C=O) groups is 2. The number of primary amides is 1. The van der Waals surface area contributed by atoms with Crippen molar-refractivity contribution in [3.8, 4) is 0 Å². The molecule has 0 spiro atoms. The molecule has 0 aliphatic rings. The monoisotopic (exact) mass is 321 g/mol. The Labute approximate surface area is 132 Å². The summed E-state index contributed by atoms with van der Waals surface area (Å²) in [6.45, 7) is 6.92. The molecule has 2 aromatic rings. The van der Waals surface area contributed by atoms with Gasteiger partial charge in [0.25, 0.3) is 5.91 Å². The summed E-state index contributed by atoms with van der Waals surface area (Å²) in [6, 6.07) is 0. The van der Waals surface area contributed by atoms with E-state index in [1.54, 1.807) is 27.7 Å². The zero-order valence-corrected chi connectivity index (χ0v) is 13.8. The van der Waals surface area contributed by atoms with Crippen LogP contribution in [0.25, 0.3) is 10.2 Å². The molecule has 0 aliphatic heterocycles. The summed E-state index contributed by atoms with van der Waals surface area (Å²) in [5.41, 5.74) is 10.9. The summed E-state index contributed by atoms with van der Waals surface area (Å²) in [4.78, 5) is 33.6. The van der Waals surface area contributed by atoms with Crippen LogP contribution in [-0.4, -0.2) is 27.3 Å². The topological polar surface area (TPSA) is 124 Å². The van der Waals surface area contributed by atoms with Crippen molar-refractivity contribution < 1.29 is 9.59 Å². The summed E-state index contributed by atoms with van der Waals surface area (Å²) >= 11 is 1.23. The van der Waals surface area contributed by atoms with Crippen LogP contribution in [-0.2, 0) is 4.79 Å². The van der Waals surface area contributed by atoms with Gasteiger partial charge in [-0.1, -0.05) is 6.92 Å². The Morgan fingerprint density at radius 2 is 1.95 bits per heavy atom. The van der Waals surface area contributed by atoms with Gasteiger partial charge >= 0.3 is 0 Å². The van der Waals surface area contributed by atoms with Crippen LogP contribution in [0, 0.1) is 13.8 Å². The van der Waals surface area contributed by atoms with E-state index >= 15 is 0 Å². The molecular weight excluding hydrogens is 302 g/mol. The zero-order valence-electron chi connectivity index (χ0n) is 13.0. The lowest BCUT2D eigenvalue weighted by Crippen LogP contribution is -2.54. The van der Waals surface area contributed by atoms with Crippen molar-refractivity contribution in [2.75, 3.05) is 5.73 Å². The first kappa shape index (κ1) is 16.2. The summed E-state index contributed by atoms with van der Waals surface area (Å²) in [5.74, 6) is -0.0323. The maximum absolute atomic E-state index is 12.5. The van der Waals surface area contributed by atoms with E-state index in [9.17, 15) is 9.59 Å². The second kappa shape index (κ2) is 5.53. The molecule has 0 saturated carbocycles. The fraction of sp³-hybridized carbons (Fsp3) is 0.429. The summed E-state index contributed by atoms with van der Waals surface area (Å²) in [5, 5.41) is 3.38. The molecule has 1 unspecified atom stereocenters. The third-order valence-corrected chi connectivity index (χ3v) is 4.96. The maximum Gasteiger partial charge on any atom is 0.262 e. The van der Waals surface area contributed by atoms with Crippen LogP contribution in [0.4, 0.5) is 5.82 Å². The van der Waals surface area contributed by atoms with Gasteiger partial charge in [0.2, 0.25) is 5.91 Å². The number of nitrogen functional groups attached to an aromatic ring is 1. The van der Waals surface area contributed by atoms with E-state index < -0.39 is 11.4 Å². The molecule has 0 aromatic carbocycles. The molecule has 1 atom stereocenters. The minimum Gasteiger partial charge on any atom is -0.383 e.